The molecule has 6 heteroatoms. The van der Waals surface area contributed by atoms with Gasteiger partial charge in [-0.25, -0.2) is 0 Å². The number of benzene rings is 1. The number of hydrogen-bond acceptors (Lipinski definition) is 5. The van der Waals surface area contributed by atoms with Gasteiger partial charge in [0.1, 0.15) is 11.6 Å². The van der Waals surface area contributed by atoms with Crippen LogP contribution in [0, 0.1) is 18.8 Å². The molecule has 174 valence electrons. The third-order valence-corrected chi connectivity index (χ3v) is 8.97. The van der Waals surface area contributed by atoms with E-state index in [0.29, 0.717) is 30.8 Å². The van der Waals surface area contributed by atoms with E-state index < -0.39 is 17.1 Å². The summed E-state index contributed by atoms with van der Waals surface area (Å²) >= 11 is 0. The van der Waals surface area contributed by atoms with Crippen molar-refractivity contribution in [1.29, 1.82) is 0 Å². The molecule has 1 aromatic rings. The largest absolute Gasteiger partial charge is 0.477 e. The summed E-state index contributed by atoms with van der Waals surface area (Å²) in [4.78, 5) is 25.6. The quantitative estimate of drug-likeness (QED) is 0.440. The normalized spacial score (nSPS) is 38.0. The van der Waals surface area contributed by atoms with Gasteiger partial charge in [-0.1, -0.05) is 19.9 Å². The number of rotatable bonds is 4. The summed E-state index contributed by atoms with van der Waals surface area (Å²) in [6, 6.07) is 3.66. The number of likely N-dealkylation sites (tertiary alicyclic amines) is 1. The minimum absolute atomic E-state index is 0.0247. The first kappa shape index (κ1) is 21.9. The zero-order valence-electron chi connectivity index (χ0n) is 19.9. The van der Waals surface area contributed by atoms with Crippen molar-refractivity contribution >= 4 is 11.8 Å². The molecule has 32 heavy (non-hydrogen) atoms. The molecular formula is C26H36NO5+. The lowest BCUT2D eigenvalue weighted by Gasteiger charge is -2.61. The molecule has 5 rings (SSSR count). The van der Waals surface area contributed by atoms with E-state index in [0.717, 1.165) is 34.6 Å². The number of esters is 1. The number of aryl methyl sites for hydroxylation is 1. The second kappa shape index (κ2) is 7.04. The highest BCUT2D eigenvalue weighted by molar-refractivity contribution is 5.90. The predicted molar refractivity (Wildman–Crippen MR) is 120 cm³/mol. The van der Waals surface area contributed by atoms with Crippen LogP contribution in [0.15, 0.2) is 12.1 Å². The molecule has 0 amide bonds. The lowest BCUT2D eigenvalue weighted by atomic mass is 9.52. The molecule has 2 aliphatic heterocycles. The number of ether oxygens (including phenoxy) is 2. The van der Waals surface area contributed by atoms with Gasteiger partial charge in [-0.2, -0.15) is 0 Å². The smallest absolute Gasteiger partial charge is 0.313 e. The maximum absolute atomic E-state index is 13.2. The zero-order chi connectivity index (χ0) is 23.1. The van der Waals surface area contributed by atoms with Crippen LogP contribution >= 0.6 is 0 Å². The number of carbonyl (C=O) groups is 2. The van der Waals surface area contributed by atoms with Crippen molar-refractivity contribution in [3.8, 4) is 11.5 Å². The topological polar surface area (TPSA) is 72.8 Å². The molecule has 0 aromatic heterocycles. The van der Waals surface area contributed by atoms with Gasteiger partial charge in [0, 0.05) is 24.3 Å². The average Bonchev–Trinajstić information content (AvgIpc) is 3.47. The van der Waals surface area contributed by atoms with E-state index in [1.165, 1.54) is 12.8 Å². The van der Waals surface area contributed by atoms with E-state index in [4.69, 9.17) is 9.47 Å². The Hall–Kier alpha value is -1.92. The van der Waals surface area contributed by atoms with Crippen LogP contribution < -0.4 is 9.47 Å². The lowest BCUT2D eigenvalue weighted by Crippen LogP contribution is -2.78. The van der Waals surface area contributed by atoms with Crippen LogP contribution in [-0.2, 0) is 15.0 Å². The standard InChI is InChI=1S/C26H36NO5/c1-15(2)24(29)31-20-9-6-16(3)21-22(20)32-23-19(28)10-11-26(30)17(4)27(5,14-18-7-8-18)13-12-25(21,23)26/h6,9,15,17-18,23,30H,7-8,10-14H2,1-5H3/q+1/t17-,23+,25+,26-,27-/m1/s1. The van der Waals surface area contributed by atoms with Crippen LogP contribution in [0.3, 0.4) is 0 Å². The highest BCUT2D eigenvalue weighted by atomic mass is 16.6. The maximum atomic E-state index is 13.2. The summed E-state index contributed by atoms with van der Waals surface area (Å²) in [6.07, 6.45) is 3.27. The number of quaternary nitrogens is 1. The fourth-order valence-corrected chi connectivity index (χ4v) is 6.78. The molecule has 1 N–H and O–H groups in total. The van der Waals surface area contributed by atoms with Gasteiger partial charge < -0.3 is 19.1 Å². The number of Topliss-reactive ketones (excluding diaryl/α,β-unsaturated/α-hetero) is 1. The monoisotopic (exact) mass is 442 g/mol. The van der Waals surface area contributed by atoms with E-state index in [1.807, 2.05) is 13.0 Å². The third kappa shape index (κ3) is 2.84. The van der Waals surface area contributed by atoms with Crippen molar-refractivity contribution in [2.24, 2.45) is 11.8 Å². The molecule has 5 atom stereocenters. The Morgan fingerprint density at radius 3 is 2.69 bits per heavy atom. The van der Waals surface area contributed by atoms with E-state index in [2.05, 4.69) is 14.0 Å². The predicted octanol–water partition coefficient (Wildman–Crippen LogP) is 3.30. The minimum Gasteiger partial charge on any atom is -0.477 e. The lowest BCUT2D eigenvalue weighted by molar-refractivity contribution is -0.948. The second-order valence-corrected chi connectivity index (χ2v) is 11.3. The molecule has 1 aromatic carbocycles. The number of hydrogen-bond donors (Lipinski definition) is 1. The molecule has 2 heterocycles. The number of aliphatic hydroxyl groups is 1. The van der Waals surface area contributed by atoms with Crippen LogP contribution in [0.25, 0.3) is 0 Å². The molecule has 0 unspecified atom stereocenters. The van der Waals surface area contributed by atoms with Crippen molar-refractivity contribution in [2.45, 2.75) is 83.0 Å². The first-order chi connectivity index (χ1) is 15.0. The number of ketones is 1. The highest BCUT2D eigenvalue weighted by Gasteiger charge is 2.73. The zero-order valence-corrected chi connectivity index (χ0v) is 19.9. The summed E-state index contributed by atoms with van der Waals surface area (Å²) in [5, 5.41) is 12.5. The van der Waals surface area contributed by atoms with Gasteiger partial charge in [0.2, 0.25) is 0 Å². The molecular weight excluding hydrogens is 406 g/mol. The molecule has 1 saturated heterocycles. The SMILES string of the molecule is Cc1ccc(OC(=O)C(C)C)c2c1[C@]13CC[N@+](C)(CC4CC4)[C@H](C)[C@]1(O)CCC(=O)[C@@H]3O2. The molecule has 3 fully saturated rings. The summed E-state index contributed by atoms with van der Waals surface area (Å²) in [5.41, 5.74) is -0.0190. The van der Waals surface area contributed by atoms with Gasteiger partial charge in [0.25, 0.3) is 0 Å². The molecule has 2 saturated carbocycles. The van der Waals surface area contributed by atoms with Gasteiger partial charge in [-0.05, 0) is 44.7 Å². The van der Waals surface area contributed by atoms with E-state index >= 15 is 0 Å². The Kier molecular flexibility index (Phi) is 4.82. The van der Waals surface area contributed by atoms with Gasteiger partial charge >= 0.3 is 5.97 Å². The van der Waals surface area contributed by atoms with Crippen molar-refractivity contribution in [3.05, 3.63) is 23.3 Å². The molecule has 2 aliphatic carbocycles. The summed E-state index contributed by atoms with van der Waals surface area (Å²) in [5.74, 6) is 1.01. The van der Waals surface area contributed by atoms with Gasteiger partial charge in [-0.15, -0.1) is 0 Å². The molecule has 6 nitrogen and oxygen atoms in total. The van der Waals surface area contributed by atoms with E-state index in [-0.39, 0.29) is 23.7 Å². The molecule has 1 spiro atoms. The fraction of sp³-hybridized carbons (Fsp3) is 0.692. The molecule has 4 aliphatic rings. The number of piperidine rings is 1. The summed E-state index contributed by atoms with van der Waals surface area (Å²) in [7, 11) is 2.27. The minimum atomic E-state index is -1.07. The Bertz CT molecular complexity index is 985. The first-order valence-electron chi connectivity index (χ1n) is 12.2. The molecule has 0 bridgehead atoms. The first-order valence-corrected chi connectivity index (χ1v) is 12.2. The maximum Gasteiger partial charge on any atom is 0.313 e. The van der Waals surface area contributed by atoms with Gasteiger partial charge in [0.15, 0.2) is 23.4 Å². The third-order valence-electron chi connectivity index (χ3n) is 8.97. The fourth-order valence-electron chi connectivity index (χ4n) is 6.78. The molecule has 0 radical (unpaired) electrons. The van der Waals surface area contributed by atoms with Gasteiger partial charge in [0.05, 0.1) is 31.5 Å². The Labute approximate surface area is 190 Å². The second-order valence-electron chi connectivity index (χ2n) is 11.3. The van der Waals surface area contributed by atoms with E-state index in [9.17, 15) is 14.7 Å². The van der Waals surface area contributed by atoms with Crippen LogP contribution in [0.5, 0.6) is 11.5 Å². The summed E-state index contributed by atoms with van der Waals surface area (Å²) < 4.78 is 12.9. The van der Waals surface area contributed by atoms with Crippen molar-refractivity contribution < 1.29 is 28.7 Å². The Morgan fingerprint density at radius 1 is 1.31 bits per heavy atom. The Morgan fingerprint density at radius 2 is 2.03 bits per heavy atom. The highest BCUT2D eigenvalue weighted by Crippen LogP contribution is 2.63. The van der Waals surface area contributed by atoms with Crippen molar-refractivity contribution in [2.75, 3.05) is 20.1 Å². The van der Waals surface area contributed by atoms with E-state index in [1.54, 1.807) is 19.9 Å². The summed E-state index contributed by atoms with van der Waals surface area (Å²) in [6.45, 7) is 9.72. The van der Waals surface area contributed by atoms with Crippen LogP contribution in [0.2, 0.25) is 0 Å². The number of likely N-dealkylation sites (N-methyl/N-ethyl adjacent to an activating group) is 1. The Balaban J connectivity index is 1.64. The van der Waals surface area contributed by atoms with Crippen LogP contribution in [0.4, 0.5) is 0 Å². The number of carbonyl (C=O) groups excluding carboxylic acids is 2. The van der Waals surface area contributed by atoms with Crippen LogP contribution in [0.1, 0.15) is 64.0 Å². The average molecular weight is 443 g/mol. The van der Waals surface area contributed by atoms with Gasteiger partial charge in [-0.3, -0.25) is 9.59 Å². The number of fused-ring (bicyclic) bond motifs is 1. The van der Waals surface area contributed by atoms with Crippen molar-refractivity contribution in [3.63, 3.8) is 0 Å². The number of nitrogens with zero attached hydrogens (tertiary/aromatic N) is 1. The van der Waals surface area contributed by atoms with Crippen LogP contribution in [-0.4, -0.2) is 59.2 Å². The van der Waals surface area contributed by atoms with Crippen molar-refractivity contribution in [1.82, 2.24) is 0 Å².